The second kappa shape index (κ2) is 9.64. The van der Waals surface area contributed by atoms with Gasteiger partial charge in [-0.3, -0.25) is 4.90 Å². The normalized spacial score (nSPS) is 18.3. The van der Waals surface area contributed by atoms with Gasteiger partial charge in [0.05, 0.1) is 6.54 Å². The van der Waals surface area contributed by atoms with E-state index in [2.05, 4.69) is 30.9 Å². The van der Waals surface area contributed by atoms with E-state index < -0.39 is 23.3 Å². The van der Waals surface area contributed by atoms with E-state index in [9.17, 15) is 13.9 Å². The molecular weight excluding hydrogens is 482 g/mol. The molecule has 1 fully saturated rings. The molecular formula is C23H25BrF2N4O2. The molecule has 2 aromatic carbocycles. The predicted octanol–water partition coefficient (Wildman–Crippen LogP) is 4.14. The van der Waals surface area contributed by atoms with Gasteiger partial charge >= 0.3 is 0 Å². The Bertz CT molecular complexity index is 1030. The predicted molar refractivity (Wildman–Crippen MR) is 119 cm³/mol. The minimum atomic E-state index is -1.63. The highest BCUT2D eigenvalue weighted by molar-refractivity contribution is 9.10. The van der Waals surface area contributed by atoms with Gasteiger partial charge in [0.1, 0.15) is 41.7 Å². The minimum absolute atomic E-state index is 0.00790. The van der Waals surface area contributed by atoms with Crippen LogP contribution >= 0.6 is 15.9 Å². The van der Waals surface area contributed by atoms with Gasteiger partial charge in [-0.2, -0.15) is 5.10 Å². The van der Waals surface area contributed by atoms with Crippen molar-refractivity contribution in [3.05, 3.63) is 76.8 Å². The monoisotopic (exact) mass is 506 g/mol. The fraction of sp³-hybridized carbons (Fsp3) is 0.391. The summed E-state index contributed by atoms with van der Waals surface area (Å²) in [6.07, 6.45) is 4.43. The molecule has 1 N–H and O–H groups in total. The molecule has 1 aromatic heterocycles. The largest absolute Gasteiger partial charge is 0.490 e. The van der Waals surface area contributed by atoms with Crippen molar-refractivity contribution in [2.45, 2.75) is 44.1 Å². The molecule has 1 aliphatic rings. The average Bonchev–Trinajstić information content (AvgIpc) is 3.28. The van der Waals surface area contributed by atoms with Gasteiger partial charge in [0.25, 0.3) is 0 Å². The number of benzene rings is 2. The van der Waals surface area contributed by atoms with E-state index in [-0.39, 0.29) is 18.2 Å². The molecule has 0 spiro atoms. The molecule has 0 aliphatic carbocycles. The maximum atomic E-state index is 14.7. The van der Waals surface area contributed by atoms with Crippen molar-refractivity contribution >= 4 is 15.9 Å². The first-order valence-electron chi connectivity index (χ1n) is 10.5. The van der Waals surface area contributed by atoms with Crippen molar-refractivity contribution in [2.75, 3.05) is 13.1 Å². The number of nitrogens with zero attached hydrogens (tertiary/aromatic N) is 4. The van der Waals surface area contributed by atoms with Crippen molar-refractivity contribution < 1.29 is 18.6 Å². The molecule has 3 aromatic rings. The van der Waals surface area contributed by atoms with Crippen LogP contribution in [0.5, 0.6) is 5.75 Å². The summed E-state index contributed by atoms with van der Waals surface area (Å²) < 4.78 is 36.8. The summed E-state index contributed by atoms with van der Waals surface area (Å²) in [6.45, 7) is 3.19. The van der Waals surface area contributed by atoms with Gasteiger partial charge in [0.2, 0.25) is 0 Å². The van der Waals surface area contributed by atoms with Crippen molar-refractivity contribution in [1.82, 2.24) is 19.7 Å². The topological polar surface area (TPSA) is 63.4 Å². The third-order valence-corrected chi connectivity index (χ3v) is 6.63. The number of halogens is 3. The molecule has 9 heteroatoms. The Labute approximate surface area is 194 Å². The zero-order chi connectivity index (χ0) is 22.7. The highest BCUT2D eigenvalue weighted by Gasteiger charge is 2.43. The number of likely N-dealkylation sites (tertiary alicyclic amines) is 1. The number of aromatic nitrogens is 3. The van der Waals surface area contributed by atoms with Gasteiger partial charge in [-0.15, -0.1) is 0 Å². The lowest BCUT2D eigenvalue weighted by Gasteiger charge is -2.44. The lowest BCUT2D eigenvalue weighted by atomic mass is 9.84. The SMILES string of the molecule is C[C@@H](N1CCC(Oc2ccc(Br)cc2)CC1)[C@](O)(Cn1cncn1)c1ccc(F)cc1F. The quantitative estimate of drug-likeness (QED) is 0.521. The number of ether oxygens (including phenoxy) is 1. The van der Waals surface area contributed by atoms with Crippen LogP contribution < -0.4 is 4.74 Å². The molecule has 0 unspecified atom stereocenters. The van der Waals surface area contributed by atoms with Crippen LogP contribution in [-0.4, -0.2) is 50.0 Å². The smallest absolute Gasteiger partial charge is 0.137 e. The van der Waals surface area contributed by atoms with Crippen LogP contribution in [0.3, 0.4) is 0 Å². The van der Waals surface area contributed by atoms with Crippen LogP contribution in [0.2, 0.25) is 0 Å². The number of hydrogen-bond acceptors (Lipinski definition) is 5. The Morgan fingerprint density at radius 2 is 1.91 bits per heavy atom. The van der Waals surface area contributed by atoms with Crippen molar-refractivity contribution in [3.63, 3.8) is 0 Å². The summed E-state index contributed by atoms with van der Waals surface area (Å²) in [7, 11) is 0. The van der Waals surface area contributed by atoms with Gasteiger partial charge in [-0.1, -0.05) is 22.0 Å². The number of rotatable bonds is 7. The van der Waals surface area contributed by atoms with Crippen LogP contribution in [-0.2, 0) is 12.1 Å². The van der Waals surface area contributed by atoms with E-state index in [0.717, 1.165) is 35.2 Å². The first kappa shape index (κ1) is 22.8. The number of aliphatic hydroxyl groups is 1. The Hall–Kier alpha value is -2.36. The van der Waals surface area contributed by atoms with Crippen LogP contribution in [0.4, 0.5) is 8.78 Å². The van der Waals surface area contributed by atoms with Crippen LogP contribution in [0.15, 0.2) is 59.6 Å². The summed E-state index contributed by atoms with van der Waals surface area (Å²) in [5.41, 5.74) is -1.60. The average molecular weight is 507 g/mol. The Kier molecular flexibility index (Phi) is 6.88. The molecule has 32 heavy (non-hydrogen) atoms. The second-order valence-electron chi connectivity index (χ2n) is 8.12. The fourth-order valence-electron chi connectivity index (χ4n) is 4.23. The van der Waals surface area contributed by atoms with Gasteiger partial charge in [0.15, 0.2) is 0 Å². The molecule has 170 valence electrons. The summed E-state index contributed by atoms with van der Waals surface area (Å²) in [4.78, 5) is 6.03. The maximum Gasteiger partial charge on any atom is 0.137 e. The number of hydrogen-bond donors (Lipinski definition) is 1. The van der Waals surface area contributed by atoms with Crippen LogP contribution in [0.1, 0.15) is 25.3 Å². The minimum Gasteiger partial charge on any atom is -0.490 e. The molecule has 4 rings (SSSR count). The maximum absolute atomic E-state index is 14.7. The standard InChI is InChI=1S/C23H25BrF2N4O2/c1-16(29-10-8-20(9-11-29)32-19-5-2-17(24)3-6-19)23(31,13-30-15-27-14-28-30)21-7-4-18(25)12-22(21)26/h2-7,12,14-16,20,31H,8-11,13H2,1H3/t16-,23-/m1/s1. The van der Waals surface area contributed by atoms with Crippen molar-refractivity contribution in [1.29, 1.82) is 0 Å². The molecule has 1 aliphatic heterocycles. The zero-order valence-electron chi connectivity index (χ0n) is 17.7. The summed E-state index contributed by atoms with van der Waals surface area (Å²) >= 11 is 3.42. The van der Waals surface area contributed by atoms with E-state index in [1.54, 1.807) is 0 Å². The molecule has 2 heterocycles. The Morgan fingerprint density at radius 3 is 2.53 bits per heavy atom. The summed E-state index contributed by atoms with van der Waals surface area (Å²) in [5, 5.41) is 15.8. The van der Waals surface area contributed by atoms with E-state index in [1.165, 1.54) is 23.4 Å². The molecule has 0 amide bonds. The van der Waals surface area contributed by atoms with E-state index in [0.29, 0.717) is 13.1 Å². The molecule has 0 radical (unpaired) electrons. The molecule has 6 nitrogen and oxygen atoms in total. The van der Waals surface area contributed by atoms with E-state index in [1.807, 2.05) is 31.2 Å². The lowest BCUT2D eigenvalue weighted by Crippen LogP contribution is -2.54. The summed E-state index contributed by atoms with van der Waals surface area (Å²) in [6, 6.07) is 10.5. The highest BCUT2D eigenvalue weighted by Crippen LogP contribution is 2.34. The Balaban J connectivity index is 1.50. The third kappa shape index (κ3) is 5.00. The van der Waals surface area contributed by atoms with Crippen molar-refractivity contribution in [3.8, 4) is 5.75 Å². The van der Waals surface area contributed by atoms with Gasteiger partial charge < -0.3 is 9.84 Å². The second-order valence-corrected chi connectivity index (χ2v) is 9.04. The summed E-state index contributed by atoms with van der Waals surface area (Å²) in [5.74, 6) is -0.656. The van der Waals surface area contributed by atoms with Crippen molar-refractivity contribution in [2.24, 2.45) is 0 Å². The lowest BCUT2D eigenvalue weighted by molar-refractivity contribution is -0.0747. The van der Waals surface area contributed by atoms with Gasteiger partial charge in [0, 0.05) is 35.2 Å². The zero-order valence-corrected chi connectivity index (χ0v) is 19.3. The highest BCUT2D eigenvalue weighted by atomic mass is 79.9. The fourth-order valence-corrected chi connectivity index (χ4v) is 4.50. The first-order valence-corrected chi connectivity index (χ1v) is 11.3. The Morgan fingerprint density at radius 1 is 1.19 bits per heavy atom. The van der Waals surface area contributed by atoms with Crippen LogP contribution in [0.25, 0.3) is 0 Å². The molecule has 0 saturated carbocycles. The van der Waals surface area contributed by atoms with Crippen LogP contribution in [0, 0.1) is 11.6 Å². The molecule has 1 saturated heterocycles. The first-order chi connectivity index (χ1) is 15.3. The third-order valence-electron chi connectivity index (χ3n) is 6.10. The van der Waals surface area contributed by atoms with E-state index in [4.69, 9.17) is 4.74 Å². The molecule has 2 atom stereocenters. The van der Waals surface area contributed by atoms with Gasteiger partial charge in [-0.05, 0) is 50.1 Å². The number of piperidine rings is 1. The van der Waals surface area contributed by atoms with Gasteiger partial charge in [-0.25, -0.2) is 18.4 Å². The van der Waals surface area contributed by atoms with E-state index >= 15 is 0 Å². The molecule has 0 bridgehead atoms.